The van der Waals surface area contributed by atoms with E-state index >= 15 is 0 Å². The quantitative estimate of drug-likeness (QED) is 0.0885. The molecule has 7 aromatic rings. The number of rotatable bonds is 15. The van der Waals surface area contributed by atoms with Crippen LogP contribution in [0.15, 0.2) is 87.3 Å². The van der Waals surface area contributed by atoms with Crippen molar-refractivity contribution in [1.82, 2.24) is 73.4 Å². The molecule has 0 unspecified atom stereocenters. The second-order valence-corrected chi connectivity index (χ2v) is 11.9. The number of imidazole rings is 1. The van der Waals surface area contributed by atoms with Gasteiger partial charge >= 0.3 is 5.97 Å². The Morgan fingerprint density at radius 1 is 0.810 bits per heavy atom. The van der Waals surface area contributed by atoms with Gasteiger partial charge in [0.1, 0.15) is 93.0 Å². The zero-order valence-electron chi connectivity index (χ0n) is 30.3. The molecule has 0 saturated heterocycles. The molecule has 0 aromatic carbocycles. The number of carboxylic acid groups (broad SMARTS) is 1. The Hall–Kier alpha value is -6.88. The van der Waals surface area contributed by atoms with E-state index < -0.39 is 23.3 Å². The van der Waals surface area contributed by atoms with Gasteiger partial charge in [0, 0.05) is 30.4 Å². The van der Waals surface area contributed by atoms with Crippen molar-refractivity contribution < 1.29 is 37.8 Å². The number of pyridine rings is 2. The van der Waals surface area contributed by atoms with E-state index in [1.807, 2.05) is 13.1 Å². The summed E-state index contributed by atoms with van der Waals surface area (Å²) < 4.78 is 39.0. The van der Waals surface area contributed by atoms with Gasteiger partial charge in [0.15, 0.2) is 11.6 Å². The van der Waals surface area contributed by atoms with Gasteiger partial charge in [-0.15, -0.1) is 11.6 Å². The van der Waals surface area contributed by atoms with Crippen LogP contribution in [0, 0.1) is 0 Å². The summed E-state index contributed by atoms with van der Waals surface area (Å²) in [6.45, 7) is 2.86. The fraction of sp³-hybridized carbons (Fsp3) is 0.273. The maximum absolute atomic E-state index is 12.9. The molecular formula is C33H33Cl2F2N15O6. The largest absolute Gasteiger partial charge is 0.493 e. The fourth-order valence-corrected chi connectivity index (χ4v) is 4.72. The van der Waals surface area contributed by atoms with Crippen molar-refractivity contribution in [1.29, 1.82) is 0 Å². The molecule has 0 spiro atoms. The van der Waals surface area contributed by atoms with Crippen molar-refractivity contribution in [2.24, 2.45) is 0 Å². The number of fused-ring (bicyclic) bond motifs is 1. The number of ether oxygens (including phenoxy) is 1. The first-order valence-electron chi connectivity index (χ1n) is 16.6. The molecule has 7 heterocycles. The average Bonchev–Trinajstić information content (AvgIpc) is 4.05. The number of carboxylic acids is 1. The van der Waals surface area contributed by atoms with Crippen LogP contribution in [0.1, 0.15) is 40.8 Å². The minimum Gasteiger partial charge on any atom is -0.493 e. The minimum atomic E-state index is -2.73. The topological polar surface area (TPSA) is 251 Å². The lowest BCUT2D eigenvalue weighted by molar-refractivity contribution is -0.138. The Morgan fingerprint density at radius 3 is 1.91 bits per heavy atom. The van der Waals surface area contributed by atoms with Crippen LogP contribution in [0.4, 0.5) is 8.78 Å². The van der Waals surface area contributed by atoms with E-state index in [-0.39, 0.29) is 49.2 Å². The number of carbonyl (C=O) groups excluding carboxylic acids is 3. The van der Waals surface area contributed by atoms with Gasteiger partial charge in [-0.2, -0.15) is 20.4 Å². The Balaban J connectivity index is 0.000000214. The highest BCUT2D eigenvalue weighted by molar-refractivity contribution is 6.63. The number of ketones is 2. The molecule has 1 N–H and O–H groups in total. The molecule has 0 bridgehead atoms. The summed E-state index contributed by atoms with van der Waals surface area (Å²) in [5, 5.41) is 22.8. The van der Waals surface area contributed by atoms with Gasteiger partial charge in [-0.25, -0.2) is 57.4 Å². The van der Waals surface area contributed by atoms with Crippen molar-refractivity contribution >= 4 is 51.6 Å². The van der Waals surface area contributed by atoms with Crippen LogP contribution in [0.2, 0.25) is 0 Å². The molecule has 304 valence electrons. The van der Waals surface area contributed by atoms with Crippen molar-refractivity contribution in [3.63, 3.8) is 0 Å². The van der Waals surface area contributed by atoms with Crippen molar-refractivity contribution in [2.45, 2.75) is 45.9 Å². The number of nitrogens with zero attached hydrogens (tertiary/aromatic N) is 15. The molecule has 0 aliphatic carbocycles. The summed E-state index contributed by atoms with van der Waals surface area (Å²) >= 11 is 10.3. The molecule has 0 fully saturated rings. The van der Waals surface area contributed by atoms with Gasteiger partial charge < -0.3 is 14.2 Å². The molecule has 25 heteroatoms. The summed E-state index contributed by atoms with van der Waals surface area (Å²) in [5.74, 6) is -0.811. The summed E-state index contributed by atoms with van der Waals surface area (Å²) in [4.78, 5) is 66.6. The zero-order valence-corrected chi connectivity index (χ0v) is 31.8. The number of aliphatic carboxylic acids is 1. The summed E-state index contributed by atoms with van der Waals surface area (Å²) in [7, 11) is 0. The van der Waals surface area contributed by atoms with Gasteiger partial charge in [0.25, 0.3) is 6.43 Å². The van der Waals surface area contributed by atoms with Gasteiger partial charge in [-0.05, 0) is 30.7 Å². The second kappa shape index (κ2) is 22.6. The number of hydrogen-bond donors (Lipinski definition) is 1. The zero-order chi connectivity index (χ0) is 41.9. The van der Waals surface area contributed by atoms with E-state index in [1.165, 1.54) is 76.5 Å². The Bertz CT molecular complexity index is 2280. The standard InChI is InChI=1S/C20H18F2N6O2.C5H6ClN3O.C4H4ClN3O.C4H5N3O2/c1-2-30-18-7-19-25-14(10-28-12-23-11-24-28)9-27(19)8-13(18)6-17(29)15-4-3-5-16(26-15)20(21)22;6-1-5(10)2-9-4-7-3-8-9;5-4(9)1-8-3-6-2-7-8;8-4(9)1-7-3-5-2-6-7/h3-5,7-9,11-12,20H,2,6,10H2,1H3;3-4H,1-2H2;2-3H,1H2;2-3H,1H2,(H,8,9). The maximum Gasteiger partial charge on any atom is 0.325 e. The molecule has 58 heavy (non-hydrogen) atoms. The van der Waals surface area contributed by atoms with Gasteiger partial charge in [-0.3, -0.25) is 19.2 Å². The van der Waals surface area contributed by atoms with Gasteiger partial charge in [0.05, 0.1) is 24.7 Å². The van der Waals surface area contributed by atoms with Crippen LogP contribution in [-0.4, -0.2) is 114 Å². The lowest BCUT2D eigenvalue weighted by Gasteiger charge is -2.11. The third-order valence-electron chi connectivity index (χ3n) is 6.87. The third-order valence-corrected chi connectivity index (χ3v) is 7.29. The Kier molecular flexibility index (Phi) is 17.1. The second-order valence-electron chi connectivity index (χ2n) is 11.2. The molecule has 7 rings (SSSR count). The highest BCUT2D eigenvalue weighted by atomic mass is 35.5. The number of alkyl halides is 3. The van der Waals surface area contributed by atoms with E-state index in [4.69, 9.17) is 33.0 Å². The normalized spacial score (nSPS) is 10.4. The molecule has 0 saturated carbocycles. The molecule has 0 aliphatic rings. The number of carbonyl (C=O) groups is 4. The molecule has 0 atom stereocenters. The number of aromatic nitrogens is 15. The van der Waals surface area contributed by atoms with E-state index in [0.29, 0.717) is 30.1 Å². The number of hydrogen-bond acceptors (Lipinski definition) is 15. The molecule has 0 aliphatic heterocycles. The highest BCUT2D eigenvalue weighted by Crippen LogP contribution is 2.24. The van der Waals surface area contributed by atoms with Gasteiger partial charge in [-0.1, -0.05) is 6.07 Å². The Morgan fingerprint density at radius 2 is 1.40 bits per heavy atom. The van der Waals surface area contributed by atoms with Crippen molar-refractivity contribution in [3.8, 4) is 5.75 Å². The average molecular weight is 845 g/mol. The summed E-state index contributed by atoms with van der Waals surface area (Å²) in [5.41, 5.74) is 1.60. The predicted molar refractivity (Wildman–Crippen MR) is 197 cm³/mol. The molecule has 21 nitrogen and oxygen atoms in total. The van der Waals surface area contributed by atoms with Crippen molar-refractivity contribution in [3.05, 3.63) is 110 Å². The molecular weight excluding hydrogens is 811 g/mol. The molecule has 0 radical (unpaired) electrons. The first-order chi connectivity index (χ1) is 27.9. The van der Waals surface area contributed by atoms with Gasteiger partial charge in [0.2, 0.25) is 5.24 Å². The van der Waals surface area contributed by atoms with E-state index in [1.54, 1.807) is 27.7 Å². The third kappa shape index (κ3) is 14.6. The van der Waals surface area contributed by atoms with Crippen LogP contribution in [0.3, 0.4) is 0 Å². The highest BCUT2D eigenvalue weighted by Gasteiger charge is 2.17. The SMILES string of the molecule is CCOc1cc2nc(Cn3cncn3)cn2cc1CC(=O)c1cccc(C(F)F)n1.O=C(CCl)Cn1cncn1.O=C(Cl)Cn1cncn1.O=C(O)Cn1cncn1. The van der Waals surface area contributed by atoms with Crippen LogP contribution in [0.5, 0.6) is 5.75 Å². The Labute approximate surface area is 336 Å². The first-order valence-corrected chi connectivity index (χ1v) is 17.5. The smallest absolute Gasteiger partial charge is 0.325 e. The van der Waals surface area contributed by atoms with E-state index in [9.17, 15) is 28.0 Å². The molecule has 7 aromatic heterocycles. The molecule has 0 amide bonds. The van der Waals surface area contributed by atoms with Crippen LogP contribution >= 0.6 is 23.2 Å². The summed E-state index contributed by atoms with van der Waals surface area (Å²) in [6.07, 6.45) is 12.1. The van der Waals surface area contributed by atoms with Crippen LogP contribution < -0.4 is 4.74 Å². The maximum atomic E-state index is 12.9. The van der Waals surface area contributed by atoms with Crippen molar-refractivity contribution in [2.75, 3.05) is 12.5 Å². The number of Topliss-reactive ketones (excluding diaryl/α,β-unsaturated/α-hetero) is 2. The summed E-state index contributed by atoms with van der Waals surface area (Å²) in [6, 6.07) is 5.78. The first kappa shape index (κ1) is 43.8. The lowest BCUT2D eigenvalue weighted by atomic mass is 10.1. The number of halogens is 4. The minimum absolute atomic E-state index is 0.00662. The fourth-order valence-electron chi connectivity index (χ4n) is 4.52. The lowest BCUT2D eigenvalue weighted by Crippen LogP contribution is -2.11. The predicted octanol–water partition coefficient (Wildman–Crippen LogP) is 2.62. The van der Waals surface area contributed by atoms with Crippen LogP contribution in [0.25, 0.3) is 5.65 Å². The monoisotopic (exact) mass is 843 g/mol. The van der Waals surface area contributed by atoms with E-state index in [0.717, 1.165) is 5.69 Å². The van der Waals surface area contributed by atoms with Crippen LogP contribution in [-0.2, 0) is 47.0 Å². The van der Waals surface area contributed by atoms with E-state index in [2.05, 4.69) is 50.3 Å².